The van der Waals surface area contributed by atoms with Gasteiger partial charge >= 0.3 is 0 Å². The molecule has 2 atom stereocenters. The molecule has 1 fully saturated rings. The quantitative estimate of drug-likeness (QED) is 0.488. The third kappa shape index (κ3) is 2.79. The van der Waals surface area contributed by atoms with Crippen molar-refractivity contribution >= 4 is 32.9 Å². The normalized spacial score (nSPS) is 25.4. The summed E-state index contributed by atoms with van der Waals surface area (Å²) >= 11 is -0.700. The predicted octanol–water partition coefficient (Wildman–Crippen LogP) is 2.07. The van der Waals surface area contributed by atoms with Gasteiger partial charge in [-0.3, -0.25) is 4.79 Å². The third-order valence-corrected chi connectivity index (χ3v) is 5.10. The first-order valence-corrected chi connectivity index (χ1v) is 8.30. The van der Waals surface area contributed by atoms with Crippen molar-refractivity contribution in [2.24, 2.45) is 8.25 Å². The highest BCUT2D eigenvalue weighted by atomic mass is 127. The standard InChI is InChI=1S/C13H14IN3O3/c18-8-10-6-7-11(20-10)17-14-15-13(16-17)12(19)9-4-2-1-3-5-9/h1-5,10-11,18H,6-8H2/t10-,11+/m0/s1. The number of ether oxygens (including phenoxy) is 1. The Labute approximate surface area is 126 Å². The van der Waals surface area contributed by atoms with Crippen molar-refractivity contribution < 1.29 is 14.6 Å². The molecule has 3 rings (SSSR count). The van der Waals surface area contributed by atoms with Crippen molar-refractivity contribution in [1.29, 1.82) is 0 Å². The molecule has 106 valence electrons. The molecule has 0 amide bonds. The Balaban J connectivity index is 1.70. The Bertz CT molecular complexity index is 561. The zero-order valence-electron chi connectivity index (χ0n) is 10.6. The Morgan fingerprint density at radius 1 is 1.40 bits per heavy atom. The van der Waals surface area contributed by atoms with E-state index in [1.54, 1.807) is 15.4 Å². The van der Waals surface area contributed by atoms with E-state index in [0.29, 0.717) is 5.56 Å². The fourth-order valence-electron chi connectivity index (χ4n) is 2.09. The number of hydrogen-bond acceptors (Lipinski definition) is 6. The summed E-state index contributed by atoms with van der Waals surface area (Å²) in [5.41, 5.74) is 0.599. The number of halogens is 1. The fraction of sp³-hybridized carbons (Fsp3) is 0.385. The molecule has 2 aliphatic rings. The fourth-order valence-corrected chi connectivity index (χ4v) is 3.82. The number of aliphatic hydroxyl groups is 1. The number of carbonyl (C=O) groups excluding carboxylic acids is 1. The second-order valence-corrected chi connectivity index (χ2v) is 6.44. The number of nitrogens with zero attached hydrogens (tertiary/aromatic N) is 3. The van der Waals surface area contributed by atoms with Gasteiger partial charge in [-0.25, -0.2) is 0 Å². The average molecular weight is 387 g/mol. The molecule has 0 spiro atoms. The van der Waals surface area contributed by atoms with E-state index in [-0.39, 0.29) is 30.6 Å². The molecule has 0 aliphatic carbocycles. The lowest BCUT2D eigenvalue weighted by Gasteiger charge is -2.17. The van der Waals surface area contributed by atoms with E-state index in [1.165, 1.54) is 0 Å². The lowest BCUT2D eigenvalue weighted by molar-refractivity contribution is -0.0269. The van der Waals surface area contributed by atoms with Crippen LogP contribution in [0.3, 0.4) is 0 Å². The molecule has 2 aliphatic heterocycles. The first kappa shape index (κ1) is 13.8. The summed E-state index contributed by atoms with van der Waals surface area (Å²) in [7, 11) is 0. The molecule has 0 bridgehead atoms. The largest absolute Gasteiger partial charge is 0.394 e. The van der Waals surface area contributed by atoms with Crippen molar-refractivity contribution in [2.75, 3.05) is 6.61 Å². The molecule has 1 N–H and O–H groups in total. The van der Waals surface area contributed by atoms with Gasteiger partial charge in [0.1, 0.15) is 21.3 Å². The molecule has 2 heterocycles. The molecule has 1 saturated heterocycles. The maximum absolute atomic E-state index is 12.2. The van der Waals surface area contributed by atoms with Crippen LogP contribution in [0, 0.1) is 0 Å². The van der Waals surface area contributed by atoms with Crippen LogP contribution in [0.4, 0.5) is 0 Å². The number of rotatable bonds is 4. The highest BCUT2D eigenvalue weighted by molar-refractivity contribution is 14.1. The lowest BCUT2D eigenvalue weighted by atomic mass is 10.1. The molecule has 0 unspecified atom stereocenters. The highest BCUT2D eigenvalue weighted by Crippen LogP contribution is 2.31. The molecule has 1 aromatic rings. The minimum Gasteiger partial charge on any atom is -0.394 e. The predicted molar refractivity (Wildman–Crippen MR) is 81.5 cm³/mol. The van der Waals surface area contributed by atoms with Crippen molar-refractivity contribution in [3.8, 4) is 0 Å². The Hall–Kier alpha value is -1.19. The summed E-state index contributed by atoms with van der Waals surface area (Å²) in [6.45, 7) is 0.0271. The summed E-state index contributed by atoms with van der Waals surface area (Å²) in [6, 6.07) is 9.03. The van der Waals surface area contributed by atoms with Gasteiger partial charge in [0.25, 0.3) is 0 Å². The zero-order valence-corrected chi connectivity index (χ0v) is 12.8. The maximum atomic E-state index is 12.2. The monoisotopic (exact) mass is 387 g/mol. The first-order chi connectivity index (χ1) is 9.78. The molecule has 0 radical (unpaired) electrons. The molecule has 1 aromatic carbocycles. The van der Waals surface area contributed by atoms with E-state index in [2.05, 4.69) is 8.25 Å². The van der Waals surface area contributed by atoms with E-state index in [1.807, 2.05) is 18.2 Å². The summed E-state index contributed by atoms with van der Waals surface area (Å²) in [4.78, 5) is 12.2. The molecular weight excluding hydrogens is 373 g/mol. The number of hydrazone groups is 1. The summed E-state index contributed by atoms with van der Waals surface area (Å²) < 4.78 is 11.7. The van der Waals surface area contributed by atoms with Crippen LogP contribution in [0.1, 0.15) is 23.2 Å². The van der Waals surface area contributed by atoms with Gasteiger partial charge in [0, 0.05) is 5.56 Å². The van der Waals surface area contributed by atoms with Crippen LogP contribution in [0.15, 0.2) is 38.6 Å². The van der Waals surface area contributed by atoms with Gasteiger partial charge in [0.15, 0.2) is 6.23 Å². The maximum Gasteiger partial charge on any atom is 0.232 e. The summed E-state index contributed by atoms with van der Waals surface area (Å²) in [5, 5.41) is 13.4. The highest BCUT2D eigenvalue weighted by Gasteiger charge is 2.32. The molecule has 0 aromatic heterocycles. The number of aliphatic hydroxyl groups excluding tert-OH is 1. The third-order valence-electron chi connectivity index (χ3n) is 3.15. The van der Waals surface area contributed by atoms with Crippen molar-refractivity contribution in [2.45, 2.75) is 25.2 Å². The van der Waals surface area contributed by atoms with Crippen molar-refractivity contribution in [1.82, 2.24) is 3.22 Å². The average Bonchev–Trinajstić information content (AvgIpc) is 3.16. The van der Waals surface area contributed by atoms with Gasteiger partial charge in [-0.1, -0.05) is 30.3 Å². The second-order valence-electron chi connectivity index (χ2n) is 4.54. The van der Waals surface area contributed by atoms with Crippen molar-refractivity contribution in [3.05, 3.63) is 35.9 Å². The van der Waals surface area contributed by atoms with E-state index < -0.39 is 21.3 Å². The first-order valence-electron chi connectivity index (χ1n) is 6.37. The Morgan fingerprint density at radius 2 is 2.20 bits per heavy atom. The van der Waals surface area contributed by atoms with Crippen LogP contribution in [-0.2, 0) is 4.74 Å². The molecular formula is C13H14IN3O3. The minimum absolute atomic E-state index is 0.0271. The number of benzene rings is 1. The van der Waals surface area contributed by atoms with E-state index in [4.69, 9.17) is 9.84 Å². The van der Waals surface area contributed by atoms with Gasteiger partial charge in [-0.2, -0.15) is 6.37 Å². The summed E-state index contributed by atoms with van der Waals surface area (Å²) in [5.74, 6) is 0.115. The Kier molecular flexibility index (Phi) is 4.18. The van der Waals surface area contributed by atoms with Crippen LogP contribution in [0.2, 0.25) is 0 Å². The van der Waals surface area contributed by atoms with Crippen LogP contribution < -0.4 is 0 Å². The Morgan fingerprint density at radius 3 is 2.90 bits per heavy atom. The number of Topliss-reactive ketones (excluding diaryl/α,β-unsaturated/α-hetero) is 1. The number of carbonyl (C=O) groups is 1. The van der Waals surface area contributed by atoms with Gasteiger partial charge in [0.2, 0.25) is 11.6 Å². The topological polar surface area (TPSA) is 74.5 Å². The molecule has 20 heavy (non-hydrogen) atoms. The van der Waals surface area contributed by atoms with E-state index >= 15 is 0 Å². The second kappa shape index (κ2) is 6.06. The smallest absolute Gasteiger partial charge is 0.232 e. The minimum atomic E-state index is -0.700. The van der Waals surface area contributed by atoms with Crippen LogP contribution in [0.25, 0.3) is 0 Å². The van der Waals surface area contributed by atoms with Crippen LogP contribution in [-0.4, -0.2) is 38.9 Å². The molecule has 7 heteroatoms. The van der Waals surface area contributed by atoms with Gasteiger partial charge in [-0.05, 0) is 12.8 Å². The van der Waals surface area contributed by atoms with Crippen LogP contribution >= 0.6 is 21.3 Å². The molecule has 0 saturated carbocycles. The lowest BCUT2D eigenvalue weighted by Crippen LogP contribution is -2.24. The number of amidine groups is 1. The van der Waals surface area contributed by atoms with Crippen molar-refractivity contribution in [3.63, 3.8) is 0 Å². The SMILES string of the molecule is O=C(C1=NN([C@H]2CC[C@@H](CO)O2)I=N1)c1ccccc1. The van der Waals surface area contributed by atoms with Gasteiger partial charge in [0.05, 0.1) is 12.7 Å². The van der Waals surface area contributed by atoms with Gasteiger partial charge in [-0.15, -0.1) is 5.10 Å². The number of ketones is 1. The van der Waals surface area contributed by atoms with Crippen LogP contribution in [0.5, 0.6) is 0 Å². The zero-order chi connectivity index (χ0) is 13.9. The number of hydrogen-bond donors (Lipinski definition) is 1. The molecule has 6 nitrogen and oxygen atoms in total. The van der Waals surface area contributed by atoms with E-state index in [0.717, 1.165) is 12.8 Å². The summed E-state index contributed by atoms with van der Waals surface area (Å²) in [6.07, 6.45) is 1.37. The van der Waals surface area contributed by atoms with Gasteiger partial charge < -0.3 is 9.84 Å². The van der Waals surface area contributed by atoms with E-state index in [9.17, 15) is 4.79 Å².